The van der Waals surface area contributed by atoms with Crippen LogP contribution in [0.25, 0.3) is 0 Å². The van der Waals surface area contributed by atoms with Crippen LogP contribution in [0.4, 0.5) is 5.69 Å². The number of hydrogen-bond acceptors (Lipinski definition) is 6. The number of benzene rings is 1. The van der Waals surface area contributed by atoms with Gasteiger partial charge in [-0.2, -0.15) is 0 Å². The van der Waals surface area contributed by atoms with Gasteiger partial charge in [-0.05, 0) is 53.4 Å². The minimum absolute atomic E-state index is 0.119. The number of allylic oxidation sites excluding steroid dienone is 2. The highest BCUT2D eigenvalue weighted by Crippen LogP contribution is 2.52. The predicted molar refractivity (Wildman–Crippen MR) is 147 cm³/mol. The van der Waals surface area contributed by atoms with Gasteiger partial charge in [0.05, 0.1) is 32.1 Å². The average molecular weight is 609 g/mol. The molecule has 7 nitrogen and oxygen atoms in total. The van der Waals surface area contributed by atoms with E-state index in [1.807, 2.05) is 12.1 Å². The van der Waals surface area contributed by atoms with Gasteiger partial charge in [0, 0.05) is 30.2 Å². The number of anilines is 1. The summed E-state index contributed by atoms with van der Waals surface area (Å²) in [6.45, 7) is 2.02. The van der Waals surface area contributed by atoms with E-state index in [0.717, 1.165) is 49.8 Å². The van der Waals surface area contributed by atoms with Crippen molar-refractivity contribution in [3.8, 4) is 0 Å². The summed E-state index contributed by atoms with van der Waals surface area (Å²) in [4.78, 5) is 42.3. The molecule has 2 N–H and O–H groups in total. The molecule has 0 saturated heterocycles. The number of ether oxygens (including phenoxy) is 1. The lowest BCUT2D eigenvalue weighted by molar-refractivity contribution is -0.146. The third kappa shape index (κ3) is 5.86. The van der Waals surface area contributed by atoms with Crippen molar-refractivity contribution in [2.75, 3.05) is 11.9 Å². The Labute approximate surface area is 234 Å². The molecule has 1 aromatic heterocycles. The summed E-state index contributed by atoms with van der Waals surface area (Å²) >= 11 is 15.6. The Hall–Kier alpha value is -2.42. The number of rotatable bonds is 8. The molecule has 0 unspecified atom stereocenters. The number of halogens is 3. The van der Waals surface area contributed by atoms with Crippen LogP contribution >= 0.6 is 39.1 Å². The van der Waals surface area contributed by atoms with E-state index >= 15 is 0 Å². The molecule has 2 aliphatic rings. The molecule has 2 aliphatic carbocycles. The van der Waals surface area contributed by atoms with Crippen LogP contribution < -0.4 is 10.6 Å². The zero-order valence-corrected chi connectivity index (χ0v) is 23.5. The van der Waals surface area contributed by atoms with Crippen molar-refractivity contribution in [3.05, 3.63) is 68.0 Å². The Morgan fingerprint density at radius 3 is 2.30 bits per heavy atom. The second-order valence-electron chi connectivity index (χ2n) is 9.30. The average Bonchev–Trinajstić information content (AvgIpc) is 3.15. The van der Waals surface area contributed by atoms with Crippen LogP contribution in [-0.2, 0) is 20.7 Å². The summed E-state index contributed by atoms with van der Waals surface area (Å²) in [7, 11) is 0. The number of carbonyl (C=O) groups is 3. The molecule has 1 saturated carbocycles. The molecule has 10 heteroatoms. The van der Waals surface area contributed by atoms with Gasteiger partial charge in [-0.25, -0.2) is 4.79 Å². The van der Waals surface area contributed by atoms with Crippen molar-refractivity contribution in [1.29, 1.82) is 0 Å². The molecular weight excluding hydrogens is 581 g/mol. The molecule has 1 amide bonds. The summed E-state index contributed by atoms with van der Waals surface area (Å²) in [5.41, 5.74) is 1.83. The predicted octanol–water partition coefficient (Wildman–Crippen LogP) is 6.23. The summed E-state index contributed by atoms with van der Waals surface area (Å²) in [5.74, 6) is -0.705. The van der Waals surface area contributed by atoms with E-state index in [2.05, 4.69) is 31.5 Å². The standard InChI is InChI=1S/C27H28BrCl2N3O4/c1-2-37-26(36)20(33-23-22(28)24(34)27(23)11-5-3-4-6-12-27)13-16-7-9-17(10-8-16)32-25(35)21-18(29)14-31-15-19(21)30/h7-10,14-15,20,33H,2-6,11-13H2,1H3,(H,32,35)/t20-/m0/s1. The topological polar surface area (TPSA) is 97.4 Å². The van der Waals surface area contributed by atoms with E-state index in [1.54, 1.807) is 19.1 Å². The highest BCUT2D eigenvalue weighted by atomic mass is 79.9. The van der Waals surface area contributed by atoms with Crippen molar-refractivity contribution in [2.45, 2.75) is 57.9 Å². The smallest absolute Gasteiger partial charge is 0.328 e. The highest BCUT2D eigenvalue weighted by Gasteiger charge is 2.53. The molecule has 37 heavy (non-hydrogen) atoms. The fourth-order valence-corrected chi connectivity index (χ4v) is 6.40. The first-order valence-corrected chi connectivity index (χ1v) is 13.9. The van der Waals surface area contributed by atoms with Crippen LogP contribution in [0.5, 0.6) is 0 Å². The van der Waals surface area contributed by atoms with Gasteiger partial charge in [0.1, 0.15) is 6.04 Å². The molecule has 1 atom stereocenters. The van der Waals surface area contributed by atoms with Gasteiger partial charge in [-0.1, -0.05) is 61.0 Å². The number of carbonyl (C=O) groups excluding carboxylic acids is 3. The normalized spacial score (nSPS) is 17.6. The third-order valence-corrected chi connectivity index (χ3v) is 8.24. The quantitative estimate of drug-likeness (QED) is 0.345. The Bertz CT molecular complexity index is 1200. The lowest BCUT2D eigenvalue weighted by Gasteiger charge is -2.43. The third-order valence-electron chi connectivity index (χ3n) is 6.91. The van der Waals surface area contributed by atoms with Gasteiger partial charge in [0.2, 0.25) is 0 Å². The molecule has 1 aromatic carbocycles. The molecular formula is C27H28BrCl2N3O4. The zero-order chi connectivity index (χ0) is 26.6. The van der Waals surface area contributed by atoms with E-state index in [4.69, 9.17) is 27.9 Å². The second-order valence-corrected chi connectivity index (χ2v) is 10.9. The molecule has 1 heterocycles. The number of nitrogens with zero attached hydrogens (tertiary/aromatic N) is 1. The largest absolute Gasteiger partial charge is 0.464 e. The Morgan fingerprint density at radius 2 is 1.70 bits per heavy atom. The summed E-state index contributed by atoms with van der Waals surface area (Å²) < 4.78 is 5.87. The van der Waals surface area contributed by atoms with Crippen LogP contribution in [0.2, 0.25) is 10.0 Å². The molecule has 0 radical (unpaired) electrons. The number of esters is 1. The molecule has 0 bridgehead atoms. The van der Waals surface area contributed by atoms with Crippen molar-refractivity contribution in [2.24, 2.45) is 5.41 Å². The lowest BCUT2D eigenvalue weighted by Crippen LogP contribution is -2.52. The van der Waals surface area contributed by atoms with Crippen LogP contribution in [0.3, 0.4) is 0 Å². The maximum atomic E-state index is 12.9. The first-order chi connectivity index (χ1) is 17.8. The monoisotopic (exact) mass is 607 g/mol. The molecule has 196 valence electrons. The van der Waals surface area contributed by atoms with Gasteiger partial charge in [-0.15, -0.1) is 0 Å². The first-order valence-electron chi connectivity index (χ1n) is 12.3. The summed E-state index contributed by atoms with van der Waals surface area (Å²) in [6.07, 6.45) is 8.86. The van der Waals surface area contributed by atoms with E-state index in [-0.39, 0.29) is 34.0 Å². The zero-order valence-electron chi connectivity index (χ0n) is 20.4. The summed E-state index contributed by atoms with van der Waals surface area (Å²) in [6, 6.07) is 6.48. The fourth-order valence-electron chi connectivity index (χ4n) is 4.99. The molecule has 4 rings (SSSR count). The van der Waals surface area contributed by atoms with Gasteiger partial charge in [0.25, 0.3) is 5.91 Å². The highest BCUT2D eigenvalue weighted by molar-refractivity contribution is 9.12. The SMILES string of the molecule is CCOC(=O)[C@H](Cc1ccc(NC(=O)c2c(Cl)cncc2Cl)cc1)NC1=C(Br)C(=O)C12CCCCCC2. The maximum Gasteiger partial charge on any atom is 0.328 e. The van der Waals surface area contributed by atoms with Crippen LogP contribution in [-0.4, -0.2) is 35.3 Å². The van der Waals surface area contributed by atoms with E-state index in [1.165, 1.54) is 12.4 Å². The van der Waals surface area contributed by atoms with Crippen LogP contribution in [0, 0.1) is 5.41 Å². The summed E-state index contributed by atoms with van der Waals surface area (Å²) in [5, 5.41) is 6.46. The lowest BCUT2D eigenvalue weighted by atomic mass is 9.66. The Morgan fingerprint density at radius 1 is 1.08 bits per heavy atom. The van der Waals surface area contributed by atoms with E-state index in [9.17, 15) is 14.4 Å². The van der Waals surface area contributed by atoms with Gasteiger partial charge < -0.3 is 15.4 Å². The number of pyridine rings is 1. The number of aromatic nitrogens is 1. The Kier molecular flexibility index (Phi) is 8.93. The minimum Gasteiger partial charge on any atom is -0.464 e. The number of ketones is 1. The van der Waals surface area contributed by atoms with Gasteiger partial charge >= 0.3 is 5.97 Å². The Balaban J connectivity index is 1.49. The minimum atomic E-state index is -0.661. The van der Waals surface area contributed by atoms with Crippen molar-refractivity contribution in [1.82, 2.24) is 10.3 Å². The van der Waals surface area contributed by atoms with Crippen molar-refractivity contribution < 1.29 is 19.1 Å². The van der Waals surface area contributed by atoms with Gasteiger partial charge in [0.15, 0.2) is 5.78 Å². The number of hydrogen-bond donors (Lipinski definition) is 2. The fraction of sp³-hybridized carbons (Fsp3) is 0.407. The molecule has 2 aromatic rings. The first kappa shape index (κ1) is 27.6. The van der Waals surface area contributed by atoms with Crippen LogP contribution in [0.15, 0.2) is 46.8 Å². The van der Waals surface area contributed by atoms with Crippen molar-refractivity contribution >= 4 is 62.5 Å². The van der Waals surface area contributed by atoms with E-state index in [0.29, 0.717) is 16.6 Å². The van der Waals surface area contributed by atoms with Gasteiger partial charge in [-0.3, -0.25) is 14.6 Å². The van der Waals surface area contributed by atoms with Crippen molar-refractivity contribution in [3.63, 3.8) is 0 Å². The number of nitrogens with one attached hydrogen (secondary N) is 2. The van der Waals surface area contributed by atoms with Crippen LogP contribution in [0.1, 0.15) is 61.4 Å². The number of Topliss-reactive ketones (excluding diaryl/α,β-unsaturated/α-hetero) is 1. The molecule has 0 aliphatic heterocycles. The molecule has 1 fully saturated rings. The maximum absolute atomic E-state index is 12.9. The number of amides is 1. The second kappa shape index (κ2) is 12.0. The molecule has 1 spiro atoms. The van der Waals surface area contributed by atoms with E-state index < -0.39 is 17.4 Å².